The molecule has 6 nitrogen and oxygen atoms in total. The second-order valence-electron chi connectivity index (χ2n) is 5.67. The lowest BCUT2D eigenvalue weighted by Crippen LogP contribution is -2.25. The fourth-order valence-corrected chi connectivity index (χ4v) is 2.72. The number of carbonyl (C=O) groups is 1. The Morgan fingerprint density at radius 3 is 2.75 bits per heavy atom. The van der Waals surface area contributed by atoms with Crippen LogP contribution in [0.4, 0.5) is 10.8 Å². The minimum Gasteiger partial charge on any atom is -0.497 e. The highest BCUT2D eigenvalue weighted by atomic mass is 32.1. The largest absolute Gasteiger partial charge is 0.497 e. The maximum absolute atomic E-state index is 12.1. The molecule has 7 heteroatoms. The number of hydrogen-bond acceptors (Lipinski definition) is 6. The number of nitrogens with one attached hydrogen (secondary N) is 2. The van der Waals surface area contributed by atoms with Crippen LogP contribution in [0.2, 0.25) is 0 Å². The fraction of sp³-hybridized carbons (Fsp3) is 0.412. The van der Waals surface area contributed by atoms with Crippen molar-refractivity contribution in [2.45, 2.75) is 20.3 Å². The standard InChI is InChI=1S/C17H23N3O3S/c1-11(2)7-8-18-16(21)14-10-24-17(20-14)19-13-6-5-12(22-3)9-15(13)23-4/h5-6,9-11H,7-8H2,1-4H3,(H,18,21)(H,19,20). The van der Waals surface area contributed by atoms with Crippen LogP contribution in [0.5, 0.6) is 11.5 Å². The van der Waals surface area contributed by atoms with Crippen LogP contribution in [-0.2, 0) is 0 Å². The van der Waals surface area contributed by atoms with Crippen molar-refractivity contribution in [3.63, 3.8) is 0 Å². The van der Waals surface area contributed by atoms with Gasteiger partial charge in [0.05, 0.1) is 19.9 Å². The Morgan fingerprint density at radius 1 is 1.29 bits per heavy atom. The zero-order chi connectivity index (χ0) is 17.5. The van der Waals surface area contributed by atoms with Crippen molar-refractivity contribution in [1.82, 2.24) is 10.3 Å². The Bertz CT molecular complexity index is 685. The van der Waals surface area contributed by atoms with Crippen LogP contribution in [0.3, 0.4) is 0 Å². The molecule has 1 aromatic heterocycles. The molecule has 0 radical (unpaired) electrons. The summed E-state index contributed by atoms with van der Waals surface area (Å²) in [5.74, 6) is 1.76. The van der Waals surface area contributed by atoms with E-state index in [1.807, 2.05) is 12.1 Å². The summed E-state index contributed by atoms with van der Waals surface area (Å²) >= 11 is 1.37. The molecule has 0 saturated carbocycles. The monoisotopic (exact) mass is 349 g/mol. The molecule has 0 aliphatic rings. The number of hydrogen-bond donors (Lipinski definition) is 2. The third kappa shape index (κ3) is 4.86. The number of ether oxygens (including phenoxy) is 2. The van der Waals surface area contributed by atoms with Gasteiger partial charge in [-0.15, -0.1) is 11.3 Å². The molecule has 2 rings (SSSR count). The molecule has 0 unspecified atom stereocenters. The molecule has 0 aliphatic heterocycles. The van der Waals surface area contributed by atoms with Crippen molar-refractivity contribution in [2.75, 3.05) is 26.1 Å². The van der Waals surface area contributed by atoms with E-state index < -0.39 is 0 Å². The Labute approximate surface area is 146 Å². The first-order valence-corrected chi connectivity index (χ1v) is 8.64. The SMILES string of the molecule is COc1ccc(Nc2nc(C(=O)NCCC(C)C)cs2)c(OC)c1. The fourth-order valence-electron chi connectivity index (χ4n) is 2.02. The molecule has 1 amide bonds. The summed E-state index contributed by atoms with van der Waals surface area (Å²) in [5.41, 5.74) is 1.18. The van der Waals surface area contributed by atoms with E-state index in [9.17, 15) is 4.79 Å². The average Bonchev–Trinajstić information content (AvgIpc) is 3.03. The summed E-state index contributed by atoms with van der Waals surface area (Å²) in [6.45, 7) is 4.90. The Morgan fingerprint density at radius 2 is 2.08 bits per heavy atom. The van der Waals surface area contributed by atoms with E-state index in [0.29, 0.717) is 34.8 Å². The summed E-state index contributed by atoms with van der Waals surface area (Å²) in [7, 11) is 3.20. The van der Waals surface area contributed by atoms with Gasteiger partial charge in [-0.25, -0.2) is 4.98 Å². The highest BCUT2D eigenvalue weighted by molar-refractivity contribution is 7.14. The number of methoxy groups -OCH3 is 2. The normalized spacial score (nSPS) is 10.5. The zero-order valence-corrected chi connectivity index (χ0v) is 15.2. The Hall–Kier alpha value is -2.28. The number of benzene rings is 1. The first-order chi connectivity index (χ1) is 11.5. The van der Waals surface area contributed by atoms with Crippen LogP contribution < -0.4 is 20.1 Å². The van der Waals surface area contributed by atoms with E-state index in [4.69, 9.17) is 9.47 Å². The highest BCUT2D eigenvalue weighted by Crippen LogP contribution is 2.32. The molecule has 0 saturated heterocycles. The minimum absolute atomic E-state index is 0.151. The first kappa shape index (κ1) is 18.1. The molecule has 0 atom stereocenters. The quantitative estimate of drug-likeness (QED) is 0.760. The van der Waals surface area contributed by atoms with Gasteiger partial charge < -0.3 is 20.1 Å². The number of anilines is 2. The number of carbonyl (C=O) groups excluding carboxylic acids is 1. The molecule has 0 bridgehead atoms. The molecule has 1 heterocycles. The van der Waals surface area contributed by atoms with Crippen molar-refractivity contribution in [2.24, 2.45) is 5.92 Å². The number of amides is 1. The van der Waals surface area contributed by atoms with Crippen LogP contribution in [0.25, 0.3) is 0 Å². The third-order valence-corrected chi connectivity index (χ3v) is 4.15. The summed E-state index contributed by atoms with van der Waals surface area (Å²) < 4.78 is 10.5. The highest BCUT2D eigenvalue weighted by Gasteiger charge is 2.12. The second kappa shape index (κ2) is 8.54. The van der Waals surface area contributed by atoms with E-state index in [-0.39, 0.29) is 5.91 Å². The molecule has 24 heavy (non-hydrogen) atoms. The molecule has 0 aliphatic carbocycles. The van der Waals surface area contributed by atoms with E-state index in [1.165, 1.54) is 11.3 Å². The van der Waals surface area contributed by atoms with E-state index in [2.05, 4.69) is 29.5 Å². The minimum atomic E-state index is -0.151. The van der Waals surface area contributed by atoms with Crippen LogP contribution in [0.1, 0.15) is 30.8 Å². The Kier molecular flexibility index (Phi) is 6.43. The van der Waals surface area contributed by atoms with Gasteiger partial charge in [0.1, 0.15) is 17.2 Å². The number of thiazole rings is 1. The number of aromatic nitrogens is 1. The lowest BCUT2D eigenvalue weighted by molar-refractivity contribution is 0.0948. The van der Waals surface area contributed by atoms with Crippen LogP contribution in [-0.4, -0.2) is 31.7 Å². The summed E-state index contributed by atoms with van der Waals surface area (Å²) in [4.78, 5) is 16.4. The lowest BCUT2D eigenvalue weighted by atomic mass is 10.1. The summed E-state index contributed by atoms with van der Waals surface area (Å²) in [6.07, 6.45) is 0.948. The van der Waals surface area contributed by atoms with Crippen molar-refractivity contribution < 1.29 is 14.3 Å². The van der Waals surface area contributed by atoms with Crippen molar-refractivity contribution in [3.05, 3.63) is 29.3 Å². The van der Waals surface area contributed by atoms with Gasteiger partial charge in [0.25, 0.3) is 5.91 Å². The molecule has 2 N–H and O–H groups in total. The van der Waals surface area contributed by atoms with Crippen molar-refractivity contribution in [1.29, 1.82) is 0 Å². The van der Waals surface area contributed by atoms with Gasteiger partial charge in [0, 0.05) is 18.0 Å². The van der Waals surface area contributed by atoms with Gasteiger partial charge in [-0.05, 0) is 24.5 Å². The van der Waals surface area contributed by atoms with Gasteiger partial charge in [0.2, 0.25) is 0 Å². The Balaban J connectivity index is 2.02. The molecule has 0 spiro atoms. The molecular formula is C17H23N3O3S. The molecule has 0 fully saturated rings. The van der Waals surface area contributed by atoms with Gasteiger partial charge in [-0.2, -0.15) is 0 Å². The average molecular weight is 349 g/mol. The molecule has 2 aromatic rings. The summed E-state index contributed by atoms with van der Waals surface area (Å²) in [6, 6.07) is 5.47. The maximum Gasteiger partial charge on any atom is 0.270 e. The summed E-state index contributed by atoms with van der Waals surface area (Å²) in [5, 5.41) is 8.42. The maximum atomic E-state index is 12.1. The van der Waals surface area contributed by atoms with Crippen LogP contribution in [0.15, 0.2) is 23.6 Å². The van der Waals surface area contributed by atoms with Crippen LogP contribution in [0, 0.1) is 5.92 Å². The van der Waals surface area contributed by atoms with Crippen molar-refractivity contribution in [3.8, 4) is 11.5 Å². The van der Waals surface area contributed by atoms with Gasteiger partial charge in [-0.3, -0.25) is 4.79 Å². The van der Waals surface area contributed by atoms with E-state index in [1.54, 1.807) is 25.7 Å². The third-order valence-electron chi connectivity index (χ3n) is 3.39. The van der Waals surface area contributed by atoms with Gasteiger partial charge >= 0.3 is 0 Å². The van der Waals surface area contributed by atoms with Gasteiger partial charge in [0.15, 0.2) is 5.13 Å². The van der Waals surface area contributed by atoms with E-state index in [0.717, 1.165) is 12.1 Å². The van der Waals surface area contributed by atoms with Crippen molar-refractivity contribution >= 4 is 28.1 Å². The van der Waals surface area contributed by atoms with E-state index >= 15 is 0 Å². The first-order valence-electron chi connectivity index (χ1n) is 7.76. The lowest BCUT2D eigenvalue weighted by Gasteiger charge is -2.10. The molecular weight excluding hydrogens is 326 g/mol. The predicted octanol–water partition coefficient (Wildman–Crippen LogP) is 3.68. The number of rotatable bonds is 8. The smallest absolute Gasteiger partial charge is 0.270 e. The molecule has 1 aromatic carbocycles. The zero-order valence-electron chi connectivity index (χ0n) is 14.4. The number of nitrogens with zero attached hydrogens (tertiary/aromatic N) is 1. The molecule has 130 valence electrons. The predicted molar refractivity (Wildman–Crippen MR) is 96.7 cm³/mol. The topological polar surface area (TPSA) is 72.5 Å². The van der Waals surface area contributed by atoms with Crippen LogP contribution >= 0.6 is 11.3 Å². The van der Waals surface area contributed by atoms with Gasteiger partial charge in [-0.1, -0.05) is 13.8 Å². The second-order valence-corrected chi connectivity index (χ2v) is 6.53.